The fraction of sp³-hybridized carbons (Fsp3) is 0.357. The molecular formula is C14H17ClN2. The molecule has 3 heteroatoms. The molecule has 0 aliphatic carbocycles. The summed E-state index contributed by atoms with van der Waals surface area (Å²) in [5.41, 5.74) is 8.95. The Kier molecular flexibility index (Phi) is 3.65. The summed E-state index contributed by atoms with van der Waals surface area (Å²) in [6.07, 6.45) is 0.921. The number of nitrogens with zero attached hydrogens (tertiary/aromatic N) is 1. The van der Waals surface area contributed by atoms with Crippen molar-refractivity contribution >= 4 is 22.5 Å². The highest BCUT2D eigenvalue weighted by atomic mass is 35.5. The largest absolute Gasteiger partial charge is 0.330 e. The molecule has 0 saturated carbocycles. The zero-order valence-corrected chi connectivity index (χ0v) is 11.0. The van der Waals surface area contributed by atoms with Crippen molar-refractivity contribution in [1.29, 1.82) is 0 Å². The van der Waals surface area contributed by atoms with Gasteiger partial charge in [0.05, 0.1) is 5.52 Å². The van der Waals surface area contributed by atoms with Gasteiger partial charge in [-0.15, -0.1) is 0 Å². The first kappa shape index (κ1) is 12.3. The van der Waals surface area contributed by atoms with Crippen LogP contribution in [0.3, 0.4) is 0 Å². The minimum Gasteiger partial charge on any atom is -0.330 e. The molecule has 0 bridgehead atoms. The molecule has 1 unspecified atom stereocenters. The summed E-state index contributed by atoms with van der Waals surface area (Å²) in [6.45, 7) is 4.83. The fourth-order valence-electron chi connectivity index (χ4n) is 1.98. The molecule has 0 radical (unpaired) electrons. The van der Waals surface area contributed by atoms with Crippen molar-refractivity contribution in [2.24, 2.45) is 11.7 Å². The molecule has 0 aliphatic heterocycles. The average Bonchev–Trinajstić information content (AvgIpc) is 2.29. The molecule has 2 nitrogen and oxygen atoms in total. The van der Waals surface area contributed by atoms with E-state index in [-0.39, 0.29) is 0 Å². The van der Waals surface area contributed by atoms with E-state index in [4.69, 9.17) is 17.3 Å². The first-order chi connectivity index (χ1) is 8.10. The molecule has 0 aliphatic rings. The Hall–Kier alpha value is -1.12. The number of aryl methyl sites for hydroxylation is 1. The third-order valence-corrected chi connectivity index (χ3v) is 3.16. The van der Waals surface area contributed by atoms with Crippen molar-refractivity contribution in [3.8, 4) is 0 Å². The van der Waals surface area contributed by atoms with Crippen LogP contribution in [0.2, 0.25) is 5.02 Å². The molecule has 2 aromatic rings. The second-order valence-corrected chi connectivity index (χ2v) is 5.07. The number of benzene rings is 1. The second kappa shape index (κ2) is 5.03. The summed E-state index contributed by atoms with van der Waals surface area (Å²) in [7, 11) is 0. The Morgan fingerprint density at radius 3 is 2.82 bits per heavy atom. The number of pyridine rings is 1. The number of nitrogens with two attached hydrogens (primary N) is 1. The Morgan fingerprint density at radius 1 is 1.35 bits per heavy atom. The second-order valence-electron chi connectivity index (χ2n) is 4.63. The lowest BCUT2D eigenvalue weighted by Crippen LogP contribution is -2.13. The van der Waals surface area contributed by atoms with Gasteiger partial charge in [0.2, 0.25) is 0 Å². The van der Waals surface area contributed by atoms with Gasteiger partial charge in [-0.25, -0.2) is 0 Å². The fourth-order valence-corrected chi connectivity index (χ4v) is 2.23. The third kappa shape index (κ3) is 2.76. The molecule has 0 spiro atoms. The summed E-state index contributed by atoms with van der Waals surface area (Å²) in [4.78, 5) is 4.60. The zero-order chi connectivity index (χ0) is 12.4. The predicted octanol–water partition coefficient (Wildman–Crippen LogP) is 3.33. The Morgan fingerprint density at radius 2 is 2.12 bits per heavy atom. The van der Waals surface area contributed by atoms with Gasteiger partial charge in [-0.3, -0.25) is 4.98 Å². The number of aromatic nitrogens is 1. The van der Waals surface area contributed by atoms with Crippen LogP contribution in [0.25, 0.3) is 10.9 Å². The van der Waals surface area contributed by atoms with Crippen LogP contribution in [0.1, 0.15) is 18.2 Å². The van der Waals surface area contributed by atoms with Crippen LogP contribution >= 0.6 is 11.6 Å². The van der Waals surface area contributed by atoms with Crippen LogP contribution in [0, 0.1) is 12.8 Å². The Labute approximate surface area is 107 Å². The van der Waals surface area contributed by atoms with E-state index in [0.29, 0.717) is 12.5 Å². The molecule has 0 amide bonds. The van der Waals surface area contributed by atoms with Crippen molar-refractivity contribution in [2.45, 2.75) is 20.3 Å². The van der Waals surface area contributed by atoms with Crippen molar-refractivity contribution in [3.63, 3.8) is 0 Å². The lowest BCUT2D eigenvalue weighted by atomic mass is 9.98. The van der Waals surface area contributed by atoms with Gasteiger partial charge in [0.1, 0.15) is 0 Å². The van der Waals surface area contributed by atoms with E-state index in [9.17, 15) is 0 Å². The highest BCUT2D eigenvalue weighted by Gasteiger charge is 2.08. The highest BCUT2D eigenvalue weighted by molar-refractivity contribution is 6.31. The number of halogens is 1. The monoisotopic (exact) mass is 248 g/mol. The SMILES string of the molecule is Cc1ccc2cc(Cl)cc(CC(C)CN)c2n1. The van der Waals surface area contributed by atoms with E-state index >= 15 is 0 Å². The molecule has 17 heavy (non-hydrogen) atoms. The average molecular weight is 249 g/mol. The molecule has 0 saturated heterocycles. The van der Waals surface area contributed by atoms with Crippen LogP contribution in [-0.2, 0) is 6.42 Å². The molecular weight excluding hydrogens is 232 g/mol. The first-order valence-corrected chi connectivity index (χ1v) is 6.24. The number of hydrogen-bond acceptors (Lipinski definition) is 2. The van der Waals surface area contributed by atoms with Crippen LogP contribution in [0.15, 0.2) is 24.3 Å². The maximum Gasteiger partial charge on any atom is 0.0738 e. The minimum absolute atomic E-state index is 0.443. The van der Waals surface area contributed by atoms with Crippen LogP contribution in [-0.4, -0.2) is 11.5 Å². The van der Waals surface area contributed by atoms with Crippen molar-refractivity contribution in [3.05, 3.63) is 40.5 Å². The molecule has 2 N–H and O–H groups in total. The van der Waals surface area contributed by atoms with E-state index in [1.165, 1.54) is 5.56 Å². The van der Waals surface area contributed by atoms with E-state index < -0.39 is 0 Å². The van der Waals surface area contributed by atoms with Gasteiger partial charge in [0.15, 0.2) is 0 Å². The smallest absolute Gasteiger partial charge is 0.0738 e. The number of fused-ring (bicyclic) bond motifs is 1. The molecule has 1 aromatic heterocycles. The minimum atomic E-state index is 0.443. The van der Waals surface area contributed by atoms with Crippen molar-refractivity contribution < 1.29 is 0 Å². The van der Waals surface area contributed by atoms with Crippen molar-refractivity contribution in [2.75, 3.05) is 6.54 Å². The molecule has 1 atom stereocenters. The zero-order valence-electron chi connectivity index (χ0n) is 10.2. The van der Waals surface area contributed by atoms with Gasteiger partial charge in [-0.2, -0.15) is 0 Å². The number of hydrogen-bond donors (Lipinski definition) is 1. The molecule has 0 fully saturated rings. The maximum atomic E-state index is 6.13. The van der Waals surface area contributed by atoms with E-state index in [2.05, 4.69) is 18.0 Å². The molecule has 1 aromatic carbocycles. The Bertz CT molecular complexity index is 537. The quantitative estimate of drug-likeness (QED) is 0.905. The first-order valence-electron chi connectivity index (χ1n) is 5.86. The Balaban J connectivity index is 2.55. The molecule has 90 valence electrons. The summed E-state index contributed by atoms with van der Waals surface area (Å²) < 4.78 is 0. The summed E-state index contributed by atoms with van der Waals surface area (Å²) in [5.74, 6) is 0.443. The van der Waals surface area contributed by atoms with Gasteiger partial charge in [0.25, 0.3) is 0 Å². The standard InChI is InChI=1S/C14H17ClN2/c1-9(8-16)5-12-7-13(15)6-11-4-3-10(2)17-14(11)12/h3-4,6-7,9H,5,8,16H2,1-2H3. The van der Waals surface area contributed by atoms with Crippen LogP contribution < -0.4 is 5.73 Å². The van der Waals surface area contributed by atoms with Crippen LogP contribution in [0.5, 0.6) is 0 Å². The lowest BCUT2D eigenvalue weighted by Gasteiger charge is -2.11. The van der Waals surface area contributed by atoms with Gasteiger partial charge in [0, 0.05) is 16.1 Å². The van der Waals surface area contributed by atoms with Crippen molar-refractivity contribution in [1.82, 2.24) is 4.98 Å². The topological polar surface area (TPSA) is 38.9 Å². The van der Waals surface area contributed by atoms with E-state index in [1.54, 1.807) is 0 Å². The predicted molar refractivity (Wildman–Crippen MR) is 73.4 cm³/mol. The van der Waals surface area contributed by atoms with Gasteiger partial charge < -0.3 is 5.73 Å². The van der Waals surface area contributed by atoms with Gasteiger partial charge in [-0.05, 0) is 49.6 Å². The van der Waals surface area contributed by atoms with E-state index in [1.807, 2.05) is 25.1 Å². The number of rotatable bonds is 3. The summed E-state index contributed by atoms with van der Waals surface area (Å²) >= 11 is 6.13. The van der Waals surface area contributed by atoms with E-state index in [0.717, 1.165) is 28.0 Å². The summed E-state index contributed by atoms with van der Waals surface area (Å²) in [6, 6.07) is 8.04. The molecule has 1 heterocycles. The highest BCUT2D eigenvalue weighted by Crippen LogP contribution is 2.24. The van der Waals surface area contributed by atoms with Gasteiger partial charge >= 0.3 is 0 Å². The summed E-state index contributed by atoms with van der Waals surface area (Å²) in [5, 5.41) is 1.87. The molecule has 2 rings (SSSR count). The normalized spacial score (nSPS) is 12.9. The lowest BCUT2D eigenvalue weighted by molar-refractivity contribution is 0.594. The van der Waals surface area contributed by atoms with Gasteiger partial charge in [-0.1, -0.05) is 24.6 Å². The maximum absolute atomic E-state index is 6.13. The third-order valence-electron chi connectivity index (χ3n) is 2.95. The van der Waals surface area contributed by atoms with Crippen LogP contribution in [0.4, 0.5) is 0 Å².